The first-order valence-corrected chi connectivity index (χ1v) is 6.42. The molecule has 0 saturated heterocycles. The second kappa shape index (κ2) is 12.3. The molecule has 0 bridgehead atoms. The zero-order chi connectivity index (χ0) is 14.6. The number of nitrogens with two attached hydrogens (primary N) is 1. The summed E-state index contributed by atoms with van der Waals surface area (Å²) >= 11 is 0. The molecule has 0 aliphatic heterocycles. The van der Waals surface area contributed by atoms with E-state index in [9.17, 15) is 9.59 Å². The van der Waals surface area contributed by atoms with Crippen LogP contribution in [0.3, 0.4) is 0 Å². The van der Waals surface area contributed by atoms with Gasteiger partial charge in [-0.1, -0.05) is 13.8 Å². The summed E-state index contributed by atoms with van der Waals surface area (Å²) in [6.45, 7) is 6.36. The molecule has 0 heterocycles. The van der Waals surface area contributed by atoms with E-state index >= 15 is 0 Å². The van der Waals surface area contributed by atoms with Crippen molar-refractivity contribution in [1.29, 1.82) is 0 Å². The Labute approximate surface area is 109 Å². The van der Waals surface area contributed by atoms with Gasteiger partial charge in [0, 0.05) is 0 Å². The first kappa shape index (κ1) is 19.2. The molecule has 0 saturated carbocycles. The molecule has 0 fully saturated rings. The Hall–Kier alpha value is -1.14. The average Bonchev–Trinajstić information content (AvgIpc) is 2.34. The fraction of sp³-hybridized carbons (Fsp3) is 0.833. The van der Waals surface area contributed by atoms with Crippen LogP contribution in [0.15, 0.2) is 0 Å². The molecule has 6 nitrogen and oxygen atoms in total. The van der Waals surface area contributed by atoms with Crippen LogP contribution in [0.2, 0.25) is 0 Å². The van der Waals surface area contributed by atoms with Gasteiger partial charge in [-0.25, -0.2) is 4.79 Å². The summed E-state index contributed by atoms with van der Waals surface area (Å²) in [5, 5.41) is 14.3. The lowest BCUT2D eigenvalue weighted by atomic mass is 10.1. The van der Waals surface area contributed by atoms with Crippen molar-refractivity contribution in [1.82, 2.24) is 10.6 Å². The van der Waals surface area contributed by atoms with Crippen LogP contribution in [0, 0.1) is 0 Å². The number of rotatable bonds is 8. The van der Waals surface area contributed by atoms with E-state index in [0.29, 0.717) is 6.42 Å². The number of carboxylic acids is 1. The Morgan fingerprint density at radius 3 is 2.22 bits per heavy atom. The van der Waals surface area contributed by atoms with Gasteiger partial charge in [-0.05, 0) is 39.8 Å². The van der Waals surface area contributed by atoms with Crippen LogP contribution in [0.25, 0.3) is 0 Å². The fourth-order valence-electron chi connectivity index (χ4n) is 1.21. The normalized spacial score (nSPS) is 12.9. The highest BCUT2D eigenvalue weighted by Gasteiger charge is 2.20. The fourth-order valence-corrected chi connectivity index (χ4v) is 1.21. The van der Waals surface area contributed by atoms with E-state index in [1.165, 1.54) is 6.92 Å². The van der Waals surface area contributed by atoms with Crippen molar-refractivity contribution in [2.24, 2.45) is 5.73 Å². The molecular formula is C12H27N3O3. The molecule has 0 rings (SSSR count). The molecule has 0 radical (unpaired) electrons. The Morgan fingerprint density at radius 2 is 1.83 bits per heavy atom. The predicted octanol–water partition coefficient (Wildman–Crippen LogP) is 0.319. The van der Waals surface area contributed by atoms with Gasteiger partial charge in [-0.15, -0.1) is 0 Å². The number of hydrogen-bond donors (Lipinski definition) is 4. The number of hydrogen-bond acceptors (Lipinski definition) is 4. The van der Waals surface area contributed by atoms with Crippen molar-refractivity contribution in [2.75, 3.05) is 13.6 Å². The second-order valence-electron chi connectivity index (χ2n) is 3.79. The number of nitrogens with one attached hydrogen (secondary N) is 2. The van der Waals surface area contributed by atoms with E-state index in [1.54, 1.807) is 0 Å². The second-order valence-corrected chi connectivity index (χ2v) is 3.79. The molecule has 1 amide bonds. The smallest absolute Gasteiger partial charge is 0.326 e. The minimum atomic E-state index is -1.02. The van der Waals surface area contributed by atoms with Gasteiger partial charge in [0.25, 0.3) is 0 Å². The molecule has 0 unspecified atom stereocenters. The van der Waals surface area contributed by atoms with Crippen molar-refractivity contribution in [2.45, 2.75) is 52.1 Å². The molecule has 18 heavy (non-hydrogen) atoms. The van der Waals surface area contributed by atoms with Gasteiger partial charge in [0.05, 0.1) is 6.04 Å². The van der Waals surface area contributed by atoms with Crippen LogP contribution in [0.5, 0.6) is 0 Å². The third-order valence-electron chi connectivity index (χ3n) is 2.20. The van der Waals surface area contributed by atoms with E-state index < -0.39 is 24.0 Å². The Bertz CT molecular complexity index is 233. The first-order chi connectivity index (χ1) is 8.49. The van der Waals surface area contributed by atoms with Crippen LogP contribution in [0.1, 0.15) is 40.0 Å². The Morgan fingerprint density at radius 1 is 1.28 bits per heavy atom. The van der Waals surface area contributed by atoms with Crippen molar-refractivity contribution >= 4 is 11.9 Å². The van der Waals surface area contributed by atoms with Gasteiger partial charge in [0.2, 0.25) is 5.91 Å². The zero-order valence-corrected chi connectivity index (χ0v) is 11.8. The molecule has 5 N–H and O–H groups in total. The standard InChI is InChI=1S/C10H21N3O3.C2H6/c1-7(11)9(14)13-8(10(15)16)5-3-4-6-12-2;1-2/h7-8,12H,3-6,11H2,1-2H3,(H,13,14)(H,15,16);1-2H3/t7-,8-;/m0./s1. The van der Waals surface area contributed by atoms with E-state index in [0.717, 1.165) is 19.4 Å². The van der Waals surface area contributed by atoms with Crippen molar-refractivity contribution in [3.8, 4) is 0 Å². The predicted molar refractivity (Wildman–Crippen MR) is 72.3 cm³/mol. The maximum atomic E-state index is 11.2. The summed E-state index contributed by atoms with van der Waals surface area (Å²) < 4.78 is 0. The summed E-state index contributed by atoms with van der Waals surface area (Å²) in [5.41, 5.74) is 5.35. The summed E-state index contributed by atoms with van der Waals surface area (Å²) in [5.74, 6) is -1.44. The van der Waals surface area contributed by atoms with Crippen LogP contribution in [-0.4, -0.2) is 42.7 Å². The Kier molecular flexibility index (Phi) is 13.1. The zero-order valence-electron chi connectivity index (χ0n) is 11.8. The highest BCUT2D eigenvalue weighted by molar-refractivity contribution is 5.86. The summed E-state index contributed by atoms with van der Waals surface area (Å²) in [4.78, 5) is 22.1. The van der Waals surface area contributed by atoms with Crippen molar-refractivity contribution < 1.29 is 14.7 Å². The van der Waals surface area contributed by atoms with Crippen molar-refractivity contribution in [3.05, 3.63) is 0 Å². The SMILES string of the molecule is CC.CNCCCC[C@H](NC(=O)[C@H](C)N)C(=O)O. The summed E-state index contributed by atoms with van der Waals surface area (Å²) in [7, 11) is 1.84. The lowest BCUT2D eigenvalue weighted by molar-refractivity contribution is -0.142. The van der Waals surface area contributed by atoms with Gasteiger partial charge in [-0.3, -0.25) is 4.79 Å². The maximum Gasteiger partial charge on any atom is 0.326 e. The maximum absolute atomic E-state index is 11.2. The van der Waals surface area contributed by atoms with Gasteiger partial charge < -0.3 is 21.5 Å². The molecule has 6 heteroatoms. The van der Waals surface area contributed by atoms with Crippen LogP contribution in [-0.2, 0) is 9.59 Å². The molecule has 2 atom stereocenters. The van der Waals surface area contributed by atoms with E-state index in [4.69, 9.17) is 10.8 Å². The molecule has 0 spiro atoms. The number of carbonyl (C=O) groups excluding carboxylic acids is 1. The van der Waals surface area contributed by atoms with Gasteiger partial charge in [0.1, 0.15) is 6.04 Å². The van der Waals surface area contributed by atoms with Gasteiger partial charge in [0.15, 0.2) is 0 Å². The topological polar surface area (TPSA) is 104 Å². The van der Waals surface area contributed by atoms with E-state index in [-0.39, 0.29) is 0 Å². The molecule has 0 aliphatic carbocycles. The summed E-state index contributed by atoms with van der Waals surface area (Å²) in [6.07, 6.45) is 2.06. The van der Waals surface area contributed by atoms with Crippen LogP contribution >= 0.6 is 0 Å². The van der Waals surface area contributed by atoms with Crippen LogP contribution < -0.4 is 16.4 Å². The van der Waals surface area contributed by atoms with E-state index in [2.05, 4.69) is 10.6 Å². The third kappa shape index (κ3) is 10.0. The number of carbonyl (C=O) groups is 2. The molecular weight excluding hydrogens is 234 g/mol. The lowest BCUT2D eigenvalue weighted by Gasteiger charge is -2.15. The number of carboxylic acid groups (broad SMARTS) is 1. The molecule has 0 aromatic heterocycles. The van der Waals surface area contributed by atoms with Crippen LogP contribution in [0.4, 0.5) is 0 Å². The van der Waals surface area contributed by atoms with Gasteiger partial charge >= 0.3 is 5.97 Å². The highest BCUT2D eigenvalue weighted by atomic mass is 16.4. The number of amides is 1. The molecule has 0 aromatic carbocycles. The van der Waals surface area contributed by atoms with E-state index in [1.807, 2.05) is 20.9 Å². The van der Waals surface area contributed by atoms with Gasteiger partial charge in [-0.2, -0.15) is 0 Å². The first-order valence-electron chi connectivity index (χ1n) is 6.42. The Balaban J connectivity index is 0. The quantitative estimate of drug-likeness (QED) is 0.471. The minimum Gasteiger partial charge on any atom is -0.480 e. The largest absolute Gasteiger partial charge is 0.480 e. The number of unbranched alkanes of at least 4 members (excludes halogenated alkanes) is 1. The molecule has 0 aromatic rings. The van der Waals surface area contributed by atoms with Crippen molar-refractivity contribution in [3.63, 3.8) is 0 Å². The lowest BCUT2D eigenvalue weighted by Crippen LogP contribution is -2.47. The molecule has 0 aliphatic rings. The third-order valence-corrected chi connectivity index (χ3v) is 2.20. The summed E-state index contributed by atoms with van der Waals surface area (Å²) in [6, 6.07) is -1.52. The average molecular weight is 261 g/mol. The highest BCUT2D eigenvalue weighted by Crippen LogP contribution is 2.01. The minimum absolute atomic E-state index is 0.426. The monoisotopic (exact) mass is 261 g/mol. The number of aliphatic carboxylic acids is 1. The molecule has 108 valence electrons.